The molecule has 110 valence electrons. The third kappa shape index (κ3) is 4.22. The third-order valence-corrected chi connectivity index (χ3v) is 3.39. The molecule has 0 radical (unpaired) electrons. The smallest absolute Gasteiger partial charge is 0.329 e. The Labute approximate surface area is 118 Å². The fourth-order valence-corrected chi connectivity index (χ4v) is 1.57. The Morgan fingerprint density at radius 3 is 2.50 bits per heavy atom. The molecule has 0 spiro atoms. The van der Waals surface area contributed by atoms with Gasteiger partial charge in [0.2, 0.25) is 0 Å². The maximum atomic E-state index is 12.0. The van der Waals surface area contributed by atoms with Crippen LogP contribution in [0.15, 0.2) is 24.5 Å². The van der Waals surface area contributed by atoms with Gasteiger partial charge in [-0.2, -0.15) is 0 Å². The highest BCUT2D eigenvalue weighted by molar-refractivity contribution is 5.85. The van der Waals surface area contributed by atoms with E-state index in [2.05, 4.69) is 10.3 Å². The highest BCUT2D eigenvalue weighted by atomic mass is 16.4. The van der Waals surface area contributed by atoms with Crippen LogP contribution < -0.4 is 5.32 Å². The summed E-state index contributed by atoms with van der Waals surface area (Å²) < 4.78 is 0. The number of urea groups is 1. The second-order valence-corrected chi connectivity index (χ2v) is 4.95. The van der Waals surface area contributed by atoms with E-state index in [9.17, 15) is 9.59 Å². The lowest BCUT2D eigenvalue weighted by Gasteiger charge is -2.28. The second kappa shape index (κ2) is 6.88. The zero-order valence-corrected chi connectivity index (χ0v) is 12.1. The van der Waals surface area contributed by atoms with E-state index in [1.165, 1.54) is 11.8 Å². The topological polar surface area (TPSA) is 82.5 Å². The number of hydrogen-bond donors (Lipinski definition) is 2. The number of aliphatic carboxylic acids is 1. The Morgan fingerprint density at radius 1 is 1.40 bits per heavy atom. The monoisotopic (exact) mass is 279 g/mol. The van der Waals surface area contributed by atoms with Crippen LogP contribution >= 0.6 is 0 Å². The SMILES string of the molecule is CCC(C)(NC(=O)N(C)CCc1ccncc1)C(=O)O. The van der Waals surface area contributed by atoms with E-state index in [0.717, 1.165) is 5.56 Å². The molecule has 1 aromatic rings. The molecule has 0 bridgehead atoms. The summed E-state index contributed by atoms with van der Waals surface area (Å²) in [7, 11) is 1.65. The van der Waals surface area contributed by atoms with Crippen molar-refractivity contribution in [1.82, 2.24) is 15.2 Å². The van der Waals surface area contributed by atoms with Gasteiger partial charge < -0.3 is 15.3 Å². The van der Waals surface area contributed by atoms with Crippen molar-refractivity contribution in [2.75, 3.05) is 13.6 Å². The lowest BCUT2D eigenvalue weighted by atomic mass is 10.00. The molecule has 2 amide bonds. The van der Waals surface area contributed by atoms with Crippen LogP contribution in [0.1, 0.15) is 25.8 Å². The summed E-state index contributed by atoms with van der Waals surface area (Å²) in [4.78, 5) is 28.5. The van der Waals surface area contributed by atoms with Crippen LogP contribution in [-0.2, 0) is 11.2 Å². The number of rotatable bonds is 6. The Bertz CT molecular complexity index is 464. The van der Waals surface area contributed by atoms with Gasteiger partial charge in [-0.15, -0.1) is 0 Å². The first-order chi connectivity index (χ1) is 9.39. The van der Waals surface area contributed by atoms with Crippen molar-refractivity contribution in [3.8, 4) is 0 Å². The van der Waals surface area contributed by atoms with Crippen molar-refractivity contribution in [2.24, 2.45) is 0 Å². The fourth-order valence-electron chi connectivity index (χ4n) is 1.57. The summed E-state index contributed by atoms with van der Waals surface area (Å²) in [6.45, 7) is 3.74. The number of aromatic nitrogens is 1. The molecular formula is C14H21N3O3. The average Bonchev–Trinajstić information content (AvgIpc) is 2.45. The molecule has 0 aliphatic heterocycles. The minimum Gasteiger partial charge on any atom is -0.480 e. The molecule has 1 heterocycles. The molecule has 0 aliphatic carbocycles. The van der Waals surface area contributed by atoms with Crippen LogP contribution in [-0.4, -0.2) is 46.1 Å². The maximum Gasteiger partial charge on any atom is 0.329 e. The molecule has 20 heavy (non-hydrogen) atoms. The van der Waals surface area contributed by atoms with Gasteiger partial charge in [-0.05, 0) is 37.5 Å². The quantitative estimate of drug-likeness (QED) is 0.827. The number of pyridine rings is 1. The normalized spacial score (nSPS) is 13.3. The van der Waals surface area contributed by atoms with Gasteiger partial charge in [0, 0.05) is 26.0 Å². The molecule has 6 nitrogen and oxygen atoms in total. The van der Waals surface area contributed by atoms with Gasteiger partial charge >= 0.3 is 12.0 Å². The molecule has 1 rings (SSSR count). The fraction of sp³-hybridized carbons (Fsp3) is 0.500. The number of carboxylic acids is 1. The summed E-state index contributed by atoms with van der Waals surface area (Å²) in [6, 6.07) is 3.39. The van der Waals surface area contributed by atoms with Gasteiger partial charge in [0.15, 0.2) is 0 Å². The van der Waals surface area contributed by atoms with Crippen molar-refractivity contribution < 1.29 is 14.7 Å². The van der Waals surface area contributed by atoms with E-state index < -0.39 is 11.5 Å². The summed E-state index contributed by atoms with van der Waals surface area (Å²) in [6.07, 6.45) is 4.43. The maximum absolute atomic E-state index is 12.0. The minimum absolute atomic E-state index is 0.326. The zero-order valence-electron chi connectivity index (χ0n) is 12.1. The molecule has 0 aliphatic rings. The number of amides is 2. The van der Waals surface area contributed by atoms with Crippen molar-refractivity contribution >= 4 is 12.0 Å². The predicted octanol–water partition coefficient (Wildman–Crippen LogP) is 1.52. The molecular weight excluding hydrogens is 258 g/mol. The van der Waals surface area contributed by atoms with Crippen molar-refractivity contribution in [1.29, 1.82) is 0 Å². The first kappa shape index (κ1) is 15.9. The van der Waals surface area contributed by atoms with Crippen LogP contribution in [0.3, 0.4) is 0 Å². The van der Waals surface area contributed by atoms with Crippen LogP contribution in [0.4, 0.5) is 4.79 Å². The Morgan fingerprint density at radius 2 is 2.00 bits per heavy atom. The van der Waals surface area contributed by atoms with Crippen molar-refractivity contribution in [2.45, 2.75) is 32.2 Å². The van der Waals surface area contributed by atoms with E-state index in [4.69, 9.17) is 5.11 Å². The van der Waals surface area contributed by atoms with Crippen LogP contribution in [0.25, 0.3) is 0 Å². The summed E-state index contributed by atoms with van der Waals surface area (Å²) in [5.41, 5.74) is -0.154. The molecule has 0 fully saturated rings. The summed E-state index contributed by atoms with van der Waals surface area (Å²) >= 11 is 0. The van der Waals surface area contributed by atoms with E-state index in [0.29, 0.717) is 19.4 Å². The number of hydrogen-bond acceptors (Lipinski definition) is 3. The number of likely N-dealkylation sites (N-methyl/N-ethyl adjacent to an activating group) is 1. The van der Waals surface area contributed by atoms with Gasteiger partial charge in [-0.1, -0.05) is 6.92 Å². The lowest BCUT2D eigenvalue weighted by Crippen LogP contribution is -2.55. The molecule has 1 aromatic heterocycles. The first-order valence-corrected chi connectivity index (χ1v) is 6.54. The van der Waals surface area contributed by atoms with Crippen LogP contribution in [0, 0.1) is 0 Å². The molecule has 0 saturated carbocycles. The molecule has 1 unspecified atom stereocenters. The number of carbonyl (C=O) groups is 2. The predicted molar refractivity (Wildman–Crippen MR) is 75.4 cm³/mol. The van der Waals surface area contributed by atoms with E-state index in [-0.39, 0.29) is 6.03 Å². The Kier molecular flexibility index (Phi) is 5.49. The van der Waals surface area contributed by atoms with Gasteiger partial charge in [0.25, 0.3) is 0 Å². The Hall–Kier alpha value is -2.11. The number of nitrogens with one attached hydrogen (secondary N) is 1. The van der Waals surface area contributed by atoms with Crippen molar-refractivity contribution in [3.05, 3.63) is 30.1 Å². The minimum atomic E-state index is -1.23. The Balaban J connectivity index is 2.53. The van der Waals surface area contributed by atoms with Crippen LogP contribution in [0.2, 0.25) is 0 Å². The second-order valence-electron chi connectivity index (χ2n) is 4.95. The van der Waals surface area contributed by atoms with Crippen LogP contribution in [0.5, 0.6) is 0 Å². The first-order valence-electron chi connectivity index (χ1n) is 6.54. The number of nitrogens with zero attached hydrogens (tertiary/aromatic N) is 2. The highest BCUT2D eigenvalue weighted by Crippen LogP contribution is 2.10. The molecule has 1 atom stereocenters. The highest BCUT2D eigenvalue weighted by Gasteiger charge is 2.33. The summed E-state index contributed by atoms with van der Waals surface area (Å²) in [5.74, 6) is -1.03. The molecule has 6 heteroatoms. The van der Waals surface area contributed by atoms with Gasteiger partial charge in [0.05, 0.1) is 0 Å². The average molecular weight is 279 g/mol. The lowest BCUT2D eigenvalue weighted by molar-refractivity contribution is -0.143. The largest absolute Gasteiger partial charge is 0.480 e. The molecule has 0 aromatic carbocycles. The van der Waals surface area contributed by atoms with Gasteiger partial charge in [-0.3, -0.25) is 4.98 Å². The number of carbonyl (C=O) groups excluding carboxylic acids is 1. The molecule has 0 saturated heterocycles. The zero-order chi connectivity index (χ0) is 15.2. The number of carboxylic acid groups (broad SMARTS) is 1. The summed E-state index contributed by atoms with van der Waals surface area (Å²) in [5, 5.41) is 11.7. The molecule has 2 N–H and O–H groups in total. The van der Waals surface area contributed by atoms with Crippen molar-refractivity contribution in [3.63, 3.8) is 0 Å². The van der Waals surface area contributed by atoms with E-state index >= 15 is 0 Å². The standard InChI is InChI=1S/C14H21N3O3/c1-4-14(2,12(18)19)16-13(20)17(3)10-7-11-5-8-15-9-6-11/h5-6,8-9H,4,7,10H2,1-3H3,(H,16,20)(H,18,19). The van der Waals surface area contributed by atoms with E-state index in [1.54, 1.807) is 26.4 Å². The van der Waals surface area contributed by atoms with Gasteiger partial charge in [0.1, 0.15) is 5.54 Å². The third-order valence-electron chi connectivity index (χ3n) is 3.39. The van der Waals surface area contributed by atoms with E-state index in [1.807, 2.05) is 12.1 Å². The van der Waals surface area contributed by atoms with Gasteiger partial charge in [-0.25, -0.2) is 9.59 Å².